The van der Waals surface area contributed by atoms with E-state index >= 15 is 0 Å². The summed E-state index contributed by atoms with van der Waals surface area (Å²) >= 11 is 0. The minimum Gasteiger partial charge on any atom is -0.353 e. The molecule has 6 rings (SSSR count). The van der Waals surface area contributed by atoms with Crippen molar-refractivity contribution in [2.24, 2.45) is 40.4 Å². The molecule has 0 bridgehead atoms. The number of fused-ring (bicyclic) bond motifs is 5. The maximum absolute atomic E-state index is 12.9. The van der Waals surface area contributed by atoms with Crippen molar-refractivity contribution in [3.05, 3.63) is 29.8 Å². The van der Waals surface area contributed by atoms with Crippen molar-refractivity contribution in [1.29, 1.82) is 0 Å². The highest BCUT2D eigenvalue weighted by atomic mass is 32.2. The molecule has 6 heteroatoms. The lowest BCUT2D eigenvalue weighted by molar-refractivity contribution is -0.212. The smallest absolute Gasteiger partial charge is 0.296 e. The molecule has 5 nitrogen and oxygen atoms in total. The zero-order chi connectivity index (χ0) is 26.5. The molecule has 1 aromatic carbocycles. The third-order valence-corrected chi connectivity index (χ3v) is 13.3. The van der Waals surface area contributed by atoms with Crippen molar-refractivity contribution in [3.8, 4) is 0 Å². The molecule has 4 aliphatic carbocycles. The van der Waals surface area contributed by atoms with Crippen LogP contribution in [-0.2, 0) is 23.8 Å². The molecule has 9 atom stereocenters. The van der Waals surface area contributed by atoms with Crippen molar-refractivity contribution in [1.82, 2.24) is 0 Å². The Hall–Kier alpha value is -0.950. The normalized spacial score (nSPS) is 43.2. The number of benzene rings is 1. The molecule has 0 spiro atoms. The third-order valence-electron chi connectivity index (χ3n) is 12.0. The molecule has 0 amide bonds. The quantitative estimate of drug-likeness (QED) is 0.278. The minimum atomic E-state index is -3.71. The second-order valence-electron chi connectivity index (χ2n) is 13.9. The van der Waals surface area contributed by atoms with Gasteiger partial charge in [0.2, 0.25) is 0 Å². The van der Waals surface area contributed by atoms with E-state index in [1.165, 1.54) is 64.2 Å². The van der Waals surface area contributed by atoms with Gasteiger partial charge in [-0.05, 0) is 137 Å². The van der Waals surface area contributed by atoms with Crippen LogP contribution >= 0.6 is 0 Å². The predicted molar refractivity (Wildman–Crippen MR) is 148 cm³/mol. The van der Waals surface area contributed by atoms with Crippen molar-refractivity contribution < 1.29 is 22.1 Å². The molecule has 1 aliphatic heterocycles. The van der Waals surface area contributed by atoms with E-state index in [4.69, 9.17) is 13.7 Å². The Labute approximate surface area is 230 Å². The summed E-state index contributed by atoms with van der Waals surface area (Å²) in [6.45, 7) is 8.20. The summed E-state index contributed by atoms with van der Waals surface area (Å²) in [5, 5.41) is 0. The number of hydrogen-bond donors (Lipinski definition) is 0. The molecular formula is C32H48O5S. The predicted octanol–water partition coefficient (Wildman–Crippen LogP) is 7.27. The number of aryl methyl sites for hydroxylation is 1. The van der Waals surface area contributed by atoms with Gasteiger partial charge in [0, 0.05) is 6.61 Å². The Kier molecular flexibility index (Phi) is 7.50. The zero-order valence-electron chi connectivity index (χ0n) is 23.7. The average Bonchev–Trinajstić information content (AvgIpc) is 3.25. The molecule has 4 saturated carbocycles. The SMILES string of the molecule is Cc1ccc(S(=O)(=O)OC[C@@H]2CC[C@@H]3C4CC[C@@H]5CC(OC6CCCCO6)CC[C@@]5(C)C4CC[C@@]23C)cc1. The van der Waals surface area contributed by atoms with Gasteiger partial charge in [-0.3, -0.25) is 4.18 Å². The van der Waals surface area contributed by atoms with E-state index in [0.29, 0.717) is 30.0 Å². The van der Waals surface area contributed by atoms with Crippen LogP contribution in [0, 0.1) is 47.3 Å². The number of ether oxygens (including phenoxy) is 2. The van der Waals surface area contributed by atoms with Gasteiger partial charge in [0.1, 0.15) is 0 Å². The molecule has 212 valence electrons. The van der Waals surface area contributed by atoms with Gasteiger partial charge in [-0.2, -0.15) is 8.42 Å². The Morgan fingerprint density at radius 1 is 0.895 bits per heavy atom. The van der Waals surface area contributed by atoms with Gasteiger partial charge in [0.05, 0.1) is 17.6 Å². The third kappa shape index (κ3) is 4.90. The first kappa shape index (κ1) is 27.2. The maximum atomic E-state index is 12.9. The van der Waals surface area contributed by atoms with Crippen LogP contribution in [0.3, 0.4) is 0 Å². The molecule has 4 unspecified atom stereocenters. The summed E-state index contributed by atoms with van der Waals surface area (Å²) in [4.78, 5) is 0.271. The van der Waals surface area contributed by atoms with E-state index in [1.54, 1.807) is 12.1 Å². The molecule has 0 N–H and O–H groups in total. The first-order valence-corrected chi connectivity index (χ1v) is 16.8. The average molecular weight is 545 g/mol. The van der Waals surface area contributed by atoms with E-state index in [-0.39, 0.29) is 16.6 Å². The van der Waals surface area contributed by atoms with Crippen LogP contribution in [0.2, 0.25) is 0 Å². The second kappa shape index (κ2) is 10.5. The first-order valence-electron chi connectivity index (χ1n) is 15.4. The van der Waals surface area contributed by atoms with Crippen LogP contribution in [0.1, 0.15) is 96.5 Å². The monoisotopic (exact) mass is 544 g/mol. The standard InChI is InChI=1S/C32H48O5S/c1-22-7-11-26(12-8-22)38(33,34)36-21-24-10-14-28-27-13-9-23-20-25(37-30-6-4-5-19-35-30)15-17-31(23,2)29(27)16-18-32(24,28)3/h7-8,11-12,23-25,27-30H,4-6,9-10,13-21H2,1-3H3/t23-,24+,25?,27?,28-,29?,30?,31-,32+/m1/s1. The minimum absolute atomic E-state index is 0.0253. The first-order chi connectivity index (χ1) is 18.2. The van der Waals surface area contributed by atoms with Crippen LogP contribution in [0.25, 0.3) is 0 Å². The molecule has 0 radical (unpaired) electrons. The van der Waals surface area contributed by atoms with Gasteiger partial charge in [-0.25, -0.2) is 0 Å². The fourth-order valence-corrected chi connectivity index (χ4v) is 10.7. The zero-order valence-corrected chi connectivity index (χ0v) is 24.5. The summed E-state index contributed by atoms with van der Waals surface area (Å²) in [5.41, 5.74) is 1.65. The molecule has 1 aromatic rings. The molecule has 5 aliphatic rings. The van der Waals surface area contributed by atoms with Crippen LogP contribution in [-0.4, -0.2) is 34.0 Å². The highest BCUT2D eigenvalue weighted by Crippen LogP contribution is 2.67. The van der Waals surface area contributed by atoms with Crippen LogP contribution in [0.15, 0.2) is 29.2 Å². The fraction of sp³-hybridized carbons (Fsp3) is 0.812. The van der Waals surface area contributed by atoms with E-state index in [2.05, 4.69) is 13.8 Å². The lowest BCUT2D eigenvalue weighted by Gasteiger charge is -2.61. The Morgan fingerprint density at radius 3 is 2.42 bits per heavy atom. The van der Waals surface area contributed by atoms with E-state index < -0.39 is 10.1 Å². The Balaban J connectivity index is 1.09. The van der Waals surface area contributed by atoms with Crippen LogP contribution in [0.5, 0.6) is 0 Å². The molecule has 1 heterocycles. The lowest BCUT2D eigenvalue weighted by Crippen LogP contribution is -2.54. The maximum Gasteiger partial charge on any atom is 0.296 e. The van der Waals surface area contributed by atoms with Crippen LogP contribution < -0.4 is 0 Å². The van der Waals surface area contributed by atoms with E-state index in [9.17, 15) is 8.42 Å². The highest BCUT2D eigenvalue weighted by Gasteiger charge is 2.60. The highest BCUT2D eigenvalue weighted by molar-refractivity contribution is 7.86. The summed E-state index contributed by atoms with van der Waals surface area (Å²) < 4.78 is 43.9. The van der Waals surface area contributed by atoms with Crippen LogP contribution in [0.4, 0.5) is 0 Å². The fourth-order valence-electron chi connectivity index (χ4n) is 9.70. The summed E-state index contributed by atoms with van der Waals surface area (Å²) in [6.07, 6.45) is 14.9. The van der Waals surface area contributed by atoms with Crippen molar-refractivity contribution in [3.63, 3.8) is 0 Å². The molecule has 5 fully saturated rings. The summed E-state index contributed by atoms with van der Waals surface area (Å²) in [6, 6.07) is 7.00. The molecular weight excluding hydrogens is 496 g/mol. The molecule has 1 saturated heterocycles. The van der Waals surface area contributed by atoms with Gasteiger partial charge in [0.25, 0.3) is 10.1 Å². The van der Waals surface area contributed by atoms with E-state index in [0.717, 1.165) is 42.8 Å². The number of hydrogen-bond acceptors (Lipinski definition) is 5. The van der Waals surface area contributed by atoms with Gasteiger partial charge in [0.15, 0.2) is 6.29 Å². The second-order valence-corrected chi connectivity index (χ2v) is 15.5. The molecule has 38 heavy (non-hydrogen) atoms. The summed E-state index contributed by atoms with van der Waals surface area (Å²) in [5.74, 6) is 3.34. The van der Waals surface area contributed by atoms with Crippen molar-refractivity contribution >= 4 is 10.1 Å². The van der Waals surface area contributed by atoms with Crippen molar-refractivity contribution in [2.75, 3.05) is 13.2 Å². The largest absolute Gasteiger partial charge is 0.353 e. The van der Waals surface area contributed by atoms with Gasteiger partial charge in [-0.15, -0.1) is 0 Å². The Bertz CT molecular complexity index is 1080. The topological polar surface area (TPSA) is 61.8 Å². The van der Waals surface area contributed by atoms with Gasteiger partial charge < -0.3 is 9.47 Å². The van der Waals surface area contributed by atoms with Crippen molar-refractivity contribution in [2.45, 2.75) is 115 Å². The molecule has 0 aromatic heterocycles. The number of rotatable bonds is 6. The Morgan fingerprint density at radius 2 is 1.66 bits per heavy atom. The van der Waals surface area contributed by atoms with Gasteiger partial charge >= 0.3 is 0 Å². The van der Waals surface area contributed by atoms with E-state index in [1.807, 2.05) is 19.1 Å². The lowest BCUT2D eigenvalue weighted by atomic mass is 9.44. The van der Waals surface area contributed by atoms with Gasteiger partial charge in [-0.1, -0.05) is 31.5 Å². The summed E-state index contributed by atoms with van der Waals surface area (Å²) in [7, 11) is -3.71.